The van der Waals surface area contributed by atoms with Gasteiger partial charge < -0.3 is 5.32 Å². The number of hydrogen-bond donors (Lipinski definition) is 1. The first-order valence-corrected chi connectivity index (χ1v) is 8.01. The normalized spacial score (nSPS) is 37.5. The molecule has 0 radical (unpaired) electrons. The maximum absolute atomic E-state index is 4.61. The van der Waals surface area contributed by atoms with Crippen molar-refractivity contribution in [3.05, 3.63) is 29.6 Å². The molecule has 1 aromatic heterocycles. The van der Waals surface area contributed by atoms with E-state index in [2.05, 4.69) is 29.4 Å². The lowest BCUT2D eigenvalue weighted by Gasteiger charge is -2.31. The molecule has 3 aliphatic rings. The SMILES string of the molecule is CC(NC1CCc2cccnc21)C1CC2CCC1C2. The van der Waals surface area contributed by atoms with Crippen LogP contribution < -0.4 is 5.32 Å². The monoisotopic (exact) mass is 256 g/mol. The van der Waals surface area contributed by atoms with E-state index in [-0.39, 0.29) is 0 Å². The van der Waals surface area contributed by atoms with Crippen LogP contribution in [0.1, 0.15) is 56.3 Å². The largest absolute Gasteiger partial charge is 0.306 e. The zero-order chi connectivity index (χ0) is 12.8. The van der Waals surface area contributed by atoms with E-state index in [1.807, 2.05) is 6.20 Å². The van der Waals surface area contributed by atoms with Gasteiger partial charge in [-0.15, -0.1) is 0 Å². The fourth-order valence-electron chi connectivity index (χ4n) is 4.92. The topological polar surface area (TPSA) is 24.9 Å². The van der Waals surface area contributed by atoms with Crippen molar-refractivity contribution in [2.24, 2.45) is 17.8 Å². The number of nitrogens with zero attached hydrogens (tertiary/aromatic N) is 1. The highest BCUT2D eigenvalue weighted by Gasteiger charge is 2.42. The molecule has 0 spiro atoms. The third-order valence-electron chi connectivity index (χ3n) is 5.86. The molecule has 19 heavy (non-hydrogen) atoms. The van der Waals surface area contributed by atoms with Crippen LogP contribution in [-0.2, 0) is 6.42 Å². The van der Waals surface area contributed by atoms with Crippen LogP contribution in [0.5, 0.6) is 0 Å². The lowest BCUT2D eigenvalue weighted by atomic mass is 9.83. The van der Waals surface area contributed by atoms with Gasteiger partial charge in [-0.25, -0.2) is 0 Å². The van der Waals surface area contributed by atoms with Crippen LogP contribution in [0.2, 0.25) is 0 Å². The second kappa shape index (κ2) is 4.59. The predicted molar refractivity (Wildman–Crippen MR) is 76.8 cm³/mol. The summed E-state index contributed by atoms with van der Waals surface area (Å²) in [5.41, 5.74) is 2.78. The second-order valence-corrected chi connectivity index (χ2v) is 6.93. The molecule has 0 aliphatic heterocycles. The summed E-state index contributed by atoms with van der Waals surface area (Å²) in [5, 5.41) is 3.90. The van der Waals surface area contributed by atoms with Gasteiger partial charge in [-0.1, -0.05) is 12.5 Å². The zero-order valence-electron chi connectivity index (χ0n) is 11.8. The summed E-state index contributed by atoms with van der Waals surface area (Å²) in [6.07, 6.45) is 10.3. The fourth-order valence-corrected chi connectivity index (χ4v) is 4.92. The summed E-state index contributed by atoms with van der Waals surface area (Å²) in [6.45, 7) is 2.41. The average molecular weight is 256 g/mol. The van der Waals surface area contributed by atoms with E-state index in [9.17, 15) is 0 Å². The number of rotatable bonds is 3. The third kappa shape index (κ3) is 2.01. The minimum atomic E-state index is 0.505. The van der Waals surface area contributed by atoms with E-state index in [0.717, 1.165) is 17.8 Å². The highest BCUT2D eigenvalue weighted by atomic mass is 15.0. The number of nitrogens with one attached hydrogen (secondary N) is 1. The van der Waals surface area contributed by atoms with Crippen molar-refractivity contribution in [3.63, 3.8) is 0 Å². The highest BCUT2D eigenvalue weighted by Crippen LogP contribution is 2.49. The van der Waals surface area contributed by atoms with Gasteiger partial charge in [-0.2, -0.15) is 0 Å². The van der Waals surface area contributed by atoms with Crippen molar-refractivity contribution in [2.75, 3.05) is 0 Å². The highest BCUT2D eigenvalue weighted by molar-refractivity contribution is 5.28. The Kier molecular flexibility index (Phi) is 2.87. The number of fused-ring (bicyclic) bond motifs is 3. The van der Waals surface area contributed by atoms with E-state index in [1.165, 1.54) is 49.8 Å². The molecule has 0 amide bonds. The molecule has 2 nitrogen and oxygen atoms in total. The Balaban J connectivity index is 1.45. The number of aromatic nitrogens is 1. The molecular formula is C17H24N2. The number of aryl methyl sites for hydroxylation is 1. The number of pyridine rings is 1. The van der Waals surface area contributed by atoms with Gasteiger partial charge in [0.05, 0.1) is 11.7 Å². The fraction of sp³-hybridized carbons (Fsp3) is 0.706. The summed E-state index contributed by atoms with van der Waals surface area (Å²) in [6, 6.07) is 5.48. The van der Waals surface area contributed by atoms with Gasteiger partial charge in [-0.3, -0.25) is 4.98 Å². The van der Waals surface area contributed by atoms with Crippen molar-refractivity contribution in [2.45, 2.75) is 57.5 Å². The van der Waals surface area contributed by atoms with Gasteiger partial charge >= 0.3 is 0 Å². The minimum Gasteiger partial charge on any atom is -0.306 e. The van der Waals surface area contributed by atoms with Crippen molar-refractivity contribution < 1.29 is 0 Å². The molecular weight excluding hydrogens is 232 g/mol. The minimum absolute atomic E-state index is 0.505. The molecule has 1 aromatic rings. The first kappa shape index (κ1) is 11.9. The third-order valence-corrected chi connectivity index (χ3v) is 5.86. The van der Waals surface area contributed by atoms with Gasteiger partial charge in [0.25, 0.3) is 0 Å². The molecule has 5 atom stereocenters. The summed E-state index contributed by atoms with van der Waals surface area (Å²) in [7, 11) is 0. The quantitative estimate of drug-likeness (QED) is 0.895. The second-order valence-electron chi connectivity index (χ2n) is 6.93. The molecule has 2 fully saturated rings. The van der Waals surface area contributed by atoms with Crippen molar-refractivity contribution in [1.29, 1.82) is 0 Å². The molecule has 0 saturated heterocycles. The Bertz CT molecular complexity index is 470. The van der Waals surface area contributed by atoms with Crippen LogP contribution in [0.15, 0.2) is 18.3 Å². The van der Waals surface area contributed by atoms with Gasteiger partial charge in [0.1, 0.15) is 0 Å². The summed E-state index contributed by atoms with van der Waals surface area (Å²) in [5.74, 6) is 2.98. The molecule has 2 heteroatoms. The molecule has 0 aromatic carbocycles. The van der Waals surface area contributed by atoms with Gasteiger partial charge in [0.15, 0.2) is 0 Å². The van der Waals surface area contributed by atoms with Crippen molar-refractivity contribution >= 4 is 0 Å². The van der Waals surface area contributed by atoms with E-state index < -0.39 is 0 Å². The van der Waals surface area contributed by atoms with Crippen LogP contribution in [0.3, 0.4) is 0 Å². The molecule has 5 unspecified atom stereocenters. The molecule has 1 heterocycles. The van der Waals surface area contributed by atoms with E-state index in [0.29, 0.717) is 12.1 Å². The number of hydrogen-bond acceptors (Lipinski definition) is 2. The van der Waals surface area contributed by atoms with Crippen molar-refractivity contribution in [3.8, 4) is 0 Å². The van der Waals surface area contributed by atoms with E-state index in [4.69, 9.17) is 0 Å². The molecule has 1 N–H and O–H groups in total. The lowest BCUT2D eigenvalue weighted by Crippen LogP contribution is -2.38. The van der Waals surface area contributed by atoms with Crippen LogP contribution in [0.25, 0.3) is 0 Å². The Morgan fingerprint density at radius 2 is 2.21 bits per heavy atom. The Morgan fingerprint density at radius 1 is 1.26 bits per heavy atom. The zero-order valence-corrected chi connectivity index (χ0v) is 11.8. The smallest absolute Gasteiger partial charge is 0.0605 e. The molecule has 2 saturated carbocycles. The summed E-state index contributed by atoms with van der Waals surface area (Å²) >= 11 is 0. The van der Waals surface area contributed by atoms with Crippen molar-refractivity contribution in [1.82, 2.24) is 10.3 Å². The summed E-state index contributed by atoms with van der Waals surface area (Å²) in [4.78, 5) is 4.61. The predicted octanol–water partition coefficient (Wildman–Crippen LogP) is 3.48. The molecule has 4 rings (SSSR count). The van der Waals surface area contributed by atoms with Crippen LogP contribution in [0, 0.1) is 17.8 Å². The standard InChI is InChI=1S/C17H24N2/c1-11(15-10-12-4-5-14(15)9-12)19-16-7-6-13-3-2-8-18-17(13)16/h2-3,8,11-12,14-16,19H,4-7,9-10H2,1H3. The van der Waals surface area contributed by atoms with Gasteiger partial charge in [0, 0.05) is 12.2 Å². The first-order valence-electron chi connectivity index (χ1n) is 8.01. The first-order chi connectivity index (χ1) is 9.31. The Morgan fingerprint density at radius 3 is 3.00 bits per heavy atom. The Labute approximate surface area is 116 Å². The molecule has 2 bridgehead atoms. The van der Waals surface area contributed by atoms with Crippen LogP contribution in [-0.4, -0.2) is 11.0 Å². The Hall–Kier alpha value is -0.890. The van der Waals surface area contributed by atoms with Gasteiger partial charge in [0.2, 0.25) is 0 Å². The van der Waals surface area contributed by atoms with Crippen LogP contribution in [0.4, 0.5) is 0 Å². The molecule has 3 aliphatic carbocycles. The van der Waals surface area contributed by atoms with E-state index >= 15 is 0 Å². The van der Waals surface area contributed by atoms with Crippen LogP contribution >= 0.6 is 0 Å². The molecule has 102 valence electrons. The maximum atomic E-state index is 4.61. The summed E-state index contributed by atoms with van der Waals surface area (Å²) < 4.78 is 0. The van der Waals surface area contributed by atoms with E-state index in [1.54, 1.807) is 0 Å². The average Bonchev–Trinajstić information content (AvgIpc) is 3.14. The lowest BCUT2D eigenvalue weighted by molar-refractivity contribution is 0.244. The maximum Gasteiger partial charge on any atom is 0.0605 e. The van der Waals surface area contributed by atoms with Gasteiger partial charge in [-0.05, 0) is 68.4 Å².